The number of rotatable bonds is 3. The topological polar surface area (TPSA) is 20.7 Å². The smallest absolute Gasteiger partial charge is 0.0547 e. The van der Waals surface area contributed by atoms with Gasteiger partial charge in [-0.25, -0.2) is 0 Å². The van der Waals surface area contributed by atoms with Crippen LogP contribution in [-0.4, -0.2) is 9.55 Å². The van der Waals surface area contributed by atoms with Gasteiger partial charge in [-0.3, -0.25) is 0 Å². The fraction of sp³-hybridized carbons (Fsp3) is 0. The summed E-state index contributed by atoms with van der Waals surface area (Å²) in [5, 5.41) is 5.06. The molecule has 2 heteroatoms. The lowest BCUT2D eigenvalue weighted by molar-refractivity contribution is 1.18. The van der Waals surface area contributed by atoms with Crippen molar-refractivity contribution in [2.45, 2.75) is 0 Å². The number of hydrogen-bond donors (Lipinski definition) is 1. The monoisotopic (exact) mass is 484 g/mol. The van der Waals surface area contributed by atoms with Crippen molar-refractivity contribution in [3.8, 4) is 27.9 Å². The standard InChI is InChI=1S/C36H24N2/c1-2-8-24(9-3-1)25-14-18-28(19-15-25)38-35-13-7-5-11-30(35)31-20-16-27(23-36(31)38)26-17-21-34-32(22-26)29-10-4-6-12-33(29)37-34/h1-23,37H. The summed E-state index contributed by atoms with van der Waals surface area (Å²) in [5.41, 5.74) is 10.8. The summed E-state index contributed by atoms with van der Waals surface area (Å²) in [6, 6.07) is 50.3. The Morgan fingerprint density at radius 1 is 0.368 bits per heavy atom. The Kier molecular flexibility index (Phi) is 4.55. The van der Waals surface area contributed by atoms with E-state index < -0.39 is 0 Å². The molecule has 0 aliphatic heterocycles. The van der Waals surface area contributed by atoms with E-state index >= 15 is 0 Å². The first-order valence-electron chi connectivity index (χ1n) is 13.0. The number of aromatic nitrogens is 2. The van der Waals surface area contributed by atoms with E-state index in [0.29, 0.717) is 0 Å². The lowest BCUT2D eigenvalue weighted by atomic mass is 10.0. The van der Waals surface area contributed by atoms with Crippen LogP contribution in [0.2, 0.25) is 0 Å². The Bertz CT molecular complexity index is 2110. The van der Waals surface area contributed by atoms with Crippen molar-refractivity contribution in [2.24, 2.45) is 0 Å². The Morgan fingerprint density at radius 2 is 0.974 bits per heavy atom. The molecule has 0 fully saturated rings. The molecule has 0 amide bonds. The molecule has 0 radical (unpaired) electrons. The van der Waals surface area contributed by atoms with Crippen molar-refractivity contribution in [1.29, 1.82) is 0 Å². The fourth-order valence-electron chi connectivity index (χ4n) is 5.89. The maximum absolute atomic E-state index is 3.55. The molecule has 0 spiro atoms. The summed E-state index contributed by atoms with van der Waals surface area (Å²) < 4.78 is 2.40. The van der Waals surface area contributed by atoms with Crippen LogP contribution in [0, 0.1) is 0 Å². The highest BCUT2D eigenvalue weighted by atomic mass is 15.0. The molecule has 178 valence electrons. The van der Waals surface area contributed by atoms with Crippen molar-refractivity contribution in [3.63, 3.8) is 0 Å². The van der Waals surface area contributed by atoms with Gasteiger partial charge in [-0.1, -0.05) is 97.1 Å². The van der Waals surface area contributed by atoms with Crippen molar-refractivity contribution < 1.29 is 0 Å². The van der Waals surface area contributed by atoms with Gasteiger partial charge in [-0.2, -0.15) is 0 Å². The van der Waals surface area contributed by atoms with Crippen LogP contribution in [0.1, 0.15) is 0 Å². The molecule has 0 saturated carbocycles. The van der Waals surface area contributed by atoms with Gasteiger partial charge in [-0.05, 0) is 64.7 Å². The van der Waals surface area contributed by atoms with E-state index in [-0.39, 0.29) is 0 Å². The first-order chi connectivity index (χ1) is 18.8. The zero-order valence-corrected chi connectivity index (χ0v) is 20.7. The molecule has 2 nitrogen and oxygen atoms in total. The van der Waals surface area contributed by atoms with E-state index in [4.69, 9.17) is 0 Å². The van der Waals surface area contributed by atoms with Gasteiger partial charge in [0.1, 0.15) is 0 Å². The van der Waals surface area contributed by atoms with Crippen LogP contribution in [0.4, 0.5) is 0 Å². The van der Waals surface area contributed by atoms with Crippen LogP contribution in [-0.2, 0) is 0 Å². The zero-order chi connectivity index (χ0) is 25.1. The van der Waals surface area contributed by atoms with Gasteiger partial charge < -0.3 is 9.55 Å². The van der Waals surface area contributed by atoms with Crippen molar-refractivity contribution >= 4 is 43.6 Å². The van der Waals surface area contributed by atoms with Crippen LogP contribution in [0.25, 0.3) is 71.6 Å². The Labute approximate surface area is 220 Å². The molecule has 0 unspecified atom stereocenters. The van der Waals surface area contributed by atoms with Crippen molar-refractivity contribution in [1.82, 2.24) is 9.55 Å². The molecule has 0 aliphatic rings. The largest absolute Gasteiger partial charge is 0.355 e. The van der Waals surface area contributed by atoms with Crippen LogP contribution in [0.3, 0.4) is 0 Å². The fourth-order valence-corrected chi connectivity index (χ4v) is 5.89. The zero-order valence-electron chi connectivity index (χ0n) is 20.7. The molecule has 1 N–H and O–H groups in total. The van der Waals surface area contributed by atoms with Gasteiger partial charge in [0.25, 0.3) is 0 Å². The molecule has 2 heterocycles. The van der Waals surface area contributed by atoms with Gasteiger partial charge in [0.2, 0.25) is 0 Å². The van der Waals surface area contributed by atoms with Crippen molar-refractivity contribution in [3.05, 3.63) is 140 Å². The number of para-hydroxylation sites is 2. The summed E-state index contributed by atoms with van der Waals surface area (Å²) in [6.07, 6.45) is 0. The summed E-state index contributed by atoms with van der Waals surface area (Å²) >= 11 is 0. The normalized spacial score (nSPS) is 11.7. The predicted molar refractivity (Wildman–Crippen MR) is 161 cm³/mol. The van der Waals surface area contributed by atoms with Gasteiger partial charge in [0.05, 0.1) is 11.0 Å². The maximum Gasteiger partial charge on any atom is 0.0547 e. The van der Waals surface area contributed by atoms with Gasteiger partial charge >= 0.3 is 0 Å². The van der Waals surface area contributed by atoms with Crippen LogP contribution in [0.5, 0.6) is 0 Å². The maximum atomic E-state index is 3.55. The highest BCUT2D eigenvalue weighted by Gasteiger charge is 2.14. The number of benzene rings is 6. The van der Waals surface area contributed by atoms with Gasteiger partial charge in [0, 0.05) is 38.3 Å². The number of fused-ring (bicyclic) bond motifs is 6. The van der Waals surface area contributed by atoms with Gasteiger partial charge in [-0.15, -0.1) is 0 Å². The van der Waals surface area contributed by atoms with E-state index in [0.717, 1.165) is 0 Å². The number of hydrogen-bond acceptors (Lipinski definition) is 0. The minimum absolute atomic E-state index is 1.17. The molecular weight excluding hydrogens is 460 g/mol. The van der Waals surface area contributed by atoms with Crippen LogP contribution < -0.4 is 0 Å². The highest BCUT2D eigenvalue weighted by Crippen LogP contribution is 2.36. The lowest BCUT2D eigenvalue weighted by Crippen LogP contribution is -1.94. The average Bonchev–Trinajstić information content (AvgIpc) is 3.52. The van der Waals surface area contributed by atoms with Crippen LogP contribution >= 0.6 is 0 Å². The summed E-state index contributed by atoms with van der Waals surface area (Å²) in [5.74, 6) is 0. The molecule has 8 aromatic rings. The first kappa shape index (κ1) is 21.0. The second kappa shape index (κ2) is 8.22. The molecule has 0 bridgehead atoms. The van der Waals surface area contributed by atoms with E-state index in [1.807, 2.05) is 0 Å². The quantitative estimate of drug-likeness (QED) is 0.258. The second-order valence-electron chi connectivity index (χ2n) is 9.93. The molecule has 0 saturated heterocycles. The Morgan fingerprint density at radius 3 is 1.84 bits per heavy atom. The van der Waals surface area contributed by atoms with E-state index in [1.54, 1.807) is 0 Å². The number of H-pyrrole nitrogens is 1. The number of aromatic amines is 1. The molecule has 38 heavy (non-hydrogen) atoms. The third-order valence-corrected chi connectivity index (χ3v) is 7.75. The Balaban J connectivity index is 1.32. The first-order valence-corrected chi connectivity index (χ1v) is 13.0. The number of nitrogens with one attached hydrogen (secondary N) is 1. The third-order valence-electron chi connectivity index (χ3n) is 7.75. The number of nitrogens with zero attached hydrogens (tertiary/aromatic N) is 1. The average molecular weight is 485 g/mol. The highest BCUT2D eigenvalue weighted by molar-refractivity contribution is 6.11. The van der Waals surface area contributed by atoms with E-state index in [1.165, 1.54) is 71.6 Å². The Hall–Kier alpha value is -5.08. The summed E-state index contributed by atoms with van der Waals surface area (Å²) in [4.78, 5) is 3.55. The second-order valence-corrected chi connectivity index (χ2v) is 9.93. The molecular formula is C36H24N2. The summed E-state index contributed by atoms with van der Waals surface area (Å²) in [7, 11) is 0. The van der Waals surface area contributed by atoms with E-state index in [2.05, 4.69) is 149 Å². The third kappa shape index (κ3) is 3.21. The minimum Gasteiger partial charge on any atom is -0.355 e. The molecule has 8 rings (SSSR count). The van der Waals surface area contributed by atoms with Crippen LogP contribution in [0.15, 0.2) is 140 Å². The van der Waals surface area contributed by atoms with Crippen molar-refractivity contribution in [2.75, 3.05) is 0 Å². The lowest BCUT2D eigenvalue weighted by Gasteiger charge is -2.10. The van der Waals surface area contributed by atoms with Gasteiger partial charge in [0.15, 0.2) is 0 Å². The molecule has 0 aliphatic carbocycles. The summed E-state index contributed by atoms with van der Waals surface area (Å²) in [6.45, 7) is 0. The molecule has 2 aromatic heterocycles. The van der Waals surface area contributed by atoms with E-state index in [9.17, 15) is 0 Å². The minimum atomic E-state index is 1.17. The molecule has 0 atom stereocenters. The molecule has 6 aromatic carbocycles. The predicted octanol–water partition coefficient (Wildman–Crippen LogP) is 9.75. The SMILES string of the molecule is c1ccc(-c2ccc(-n3c4ccccc4c4ccc(-c5ccc6[nH]c7ccccc7c6c5)cc43)cc2)cc1.